The van der Waals surface area contributed by atoms with Gasteiger partial charge in [-0.1, -0.05) is 49.4 Å². The van der Waals surface area contributed by atoms with Crippen LogP contribution in [0.2, 0.25) is 0 Å². The number of methoxy groups -OCH3 is 1. The molecule has 0 spiro atoms. The van der Waals surface area contributed by atoms with Crippen LogP contribution < -0.4 is 14.8 Å². The largest absolute Gasteiger partial charge is 0.497 e. The third-order valence-corrected chi connectivity index (χ3v) is 5.51. The number of imide groups is 1. The lowest BCUT2D eigenvalue weighted by atomic mass is 9.87. The molecule has 0 bridgehead atoms. The molecule has 0 aliphatic carbocycles. The van der Waals surface area contributed by atoms with Crippen molar-refractivity contribution >= 4 is 28.7 Å². The molecule has 1 atom stereocenters. The second-order valence-electron chi connectivity index (χ2n) is 7.30. The number of fused-ring (bicyclic) bond motifs is 1. The van der Waals surface area contributed by atoms with Crippen LogP contribution in [-0.4, -0.2) is 36.5 Å². The quantitative estimate of drug-likeness (QED) is 0.376. The Labute approximate surface area is 179 Å². The summed E-state index contributed by atoms with van der Waals surface area (Å²) in [6, 6.07) is 19.2. The maximum absolute atomic E-state index is 13.1. The van der Waals surface area contributed by atoms with Crippen molar-refractivity contribution in [1.82, 2.24) is 10.2 Å². The van der Waals surface area contributed by atoms with Crippen molar-refractivity contribution in [3.8, 4) is 11.5 Å². The molecule has 1 aliphatic rings. The van der Waals surface area contributed by atoms with Gasteiger partial charge in [0.05, 0.1) is 7.11 Å². The van der Waals surface area contributed by atoms with Gasteiger partial charge in [-0.05, 0) is 47.0 Å². The van der Waals surface area contributed by atoms with Crippen molar-refractivity contribution < 1.29 is 23.9 Å². The summed E-state index contributed by atoms with van der Waals surface area (Å²) < 4.78 is 10.6. The van der Waals surface area contributed by atoms with Crippen molar-refractivity contribution in [2.45, 2.75) is 18.9 Å². The first-order valence-electron chi connectivity index (χ1n) is 9.95. The van der Waals surface area contributed by atoms with Crippen molar-refractivity contribution in [3.63, 3.8) is 0 Å². The molecule has 3 aromatic rings. The van der Waals surface area contributed by atoms with Gasteiger partial charge in [0.1, 0.15) is 23.6 Å². The van der Waals surface area contributed by atoms with Crippen LogP contribution in [0.3, 0.4) is 0 Å². The molecule has 4 rings (SSSR count). The number of esters is 1. The third-order valence-electron chi connectivity index (χ3n) is 5.51. The zero-order valence-electron chi connectivity index (χ0n) is 17.3. The number of hydrogen-bond acceptors (Lipinski definition) is 5. The first-order chi connectivity index (χ1) is 15.0. The minimum absolute atomic E-state index is 0.322. The van der Waals surface area contributed by atoms with Crippen LogP contribution >= 0.6 is 0 Å². The van der Waals surface area contributed by atoms with Crippen LogP contribution in [0.1, 0.15) is 18.9 Å². The van der Waals surface area contributed by atoms with Crippen molar-refractivity contribution in [2.24, 2.45) is 0 Å². The van der Waals surface area contributed by atoms with E-state index in [2.05, 4.69) is 5.32 Å². The van der Waals surface area contributed by atoms with E-state index in [0.29, 0.717) is 23.5 Å². The molecule has 1 saturated heterocycles. The van der Waals surface area contributed by atoms with Crippen molar-refractivity contribution in [3.05, 3.63) is 72.3 Å². The molecule has 0 radical (unpaired) electrons. The standard InChI is InChI=1S/C24H22N2O5/c1-3-24(18-7-5-4-6-8-18)22(28)26(23(29)25-24)15-21(27)31-20-12-10-16-9-11-19(30-2)13-17(16)14-20/h4-14H,3,15H2,1-2H3,(H,25,29). The zero-order chi connectivity index (χ0) is 22.0. The smallest absolute Gasteiger partial charge is 0.331 e. The Morgan fingerprint density at radius 2 is 1.65 bits per heavy atom. The Hall–Kier alpha value is -3.87. The van der Waals surface area contributed by atoms with Gasteiger partial charge in [0.2, 0.25) is 0 Å². The fourth-order valence-corrected chi connectivity index (χ4v) is 3.82. The number of benzene rings is 3. The molecule has 7 heteroatoms. The van der Waals surface area contributed by atoms with E-state index in [1.807, 2.05) is 37.3 Å². The fraction of sp³-hybridized carbons (Fsp3) is 0.208. The molecule has 3 aromatic carbocycles. The average molecular weight is 418 g/mol. The number of carbonyl (C=O) groups is 3. The van der Waals surface area contributed by atoms with Gasteiger partial charge >= 0.3 is 12.0 Å². The van der Waals surface area contributed by atoms with Gasteiger partial charge in [-0.15, -0.1) is 0 Å². The SMILES string of the molecule is CCC1(c2ccccc2)NC(=O)N(CC(=O)Oc2ccc3ccc(OC)cc3c2)C1=O. The van der Waals surface area contributed by atoms with E-state index >= 15 is 0 Å². The molecule has 7 nitrogen and oxygen atoms in total. The number of amides is 3. The Kier molecular flexibility index (Phi) is 5.33. The molecule has 1 unspecified atom stereocenters. The zero-order valence-corrected chi connectivity index (χ0v) is 17.3. The monoisotopic (exact) mass is 418 g/mol. The molecular formula is C24H22N2O5. The molecule has 1 N–H and O–H groups in total. The highest BCUT2D eigenvalue weighted by molar-refractivity contribution is 6.09. The van der Waals surface area contributed by atoms with Gasteiger partial charge in [-0.2, -0.15) is 0 Å². The van der Waals surface area contributed by atoms with Gasteiger partial charge in [0, 0.05) is 0 Å². The second-order valence-corrected chi connectivity index (χ2v) is 7.30. The first-order valence-corrected chi connectivity index (χ1v) is 9.95. The lowest BCUT2D eigenvalue weighted by molar-refractivity contribution is -0.141. The predicted octanol–water partition coefficient (Wildman–Crippen LogP) is 3.61. The number of rotatable bonds is 6. The predicted molar refractivity (Wildman–Crippen MR) is 115 cm³/mol. The fourth-order valence-electron chi connectivity index (χ4n) is 3.82. The van der Waals surface area contributed by atoms with Gasteiger partial charge in [0.25, 0.3) is 5.91 Å². The Bertz CT molecular complexity index is 1160. The normalized spacial score (nSPS) is 18.2. The lowest BCUT2D eigenvalue weighted by Gasteiger charge is -2.25. The molecule has 1 aliphatic heterocycles. The van der Waals surface area contributed by atoms with E-state index in [1.165, 1.54) is 0 Å². The highest BCUT2D eigenvalue weighted by atomic mass is 16.5. The summed E-state index contributed by atoms with van der Waals surface area (Å²) in [4.78, 5) is 39.1. The summed E-state index contributed by atoms with van der Waals surface area (Å²) in [5, 5.41) is 4.56. The Balaban J connectivity index is 1.51. The molecule has 1 heterocycles. The van der Waals surface area contributed by atoms with Gasteiger partial charge in [0.15, 0.2) is 0 Å². The summed E-state index contributed by atoms with van der Waals surface area (Å²) in [6.45, 7) is 1.34. The van der Waals surface area contributed by atoms with Crippen LogP contribution in [-0.2, 0) is 15.1 Å². The van der Waals surface area contributed by atoms with Crippen molar-refractivity contribution in [2.75, 3.05) is 13.7 Å². The lowest BCUT2D eigenvalue weighted by Crippen LogP contribution is -2.44. The van der Waals surface area contributed by atoms with Crippen LogP contribution in [0.25, 0.3) is 10.8 Å². The van der Waals surface area contributed by atoms with E-state index in [1.54, 1.807) is 43.5 Å². The van der Waals surface area contributed by atoms with E-state index in [0.717, 1.165) is 15.7 Å². The van der Waals surface area contributed by atoms with Gasteiger partial charge in [-0.3, -0.25) is 9.69 Å². The topological polar surface area (TPSA) is 84.9 Å². The molecule has 31 heavy (non-hydrogen) atoms. The van der Waals surface area contributed by atoms with E-state index in [9.17, 15) is 14.4 Å². The highest BCUT2D eigenvalue weighted by Crippen LogP contribution is 2.32. The Morgan fingerprint density at radius 3 is 2.32 bits per heavy atom. The number of ether oxygens (including phenoxy) is 2. The number of nitrogens with one attached hydrogen (secondary N) is 1. The molecular weight excluding hydrogens is 396 g/mol. The van der Waals surface area contributed by atoms with Gasteiger partial charge < -0.3 is 14.8 Å². The van der Waals surface area contributed by atoms with Crippen molar-refractivity contribution in [1.29, 1.82) is 0 Å². The average Bonchev–Trinajstić information content (AvgIpc) is 3.04. The van der Waals surface area contributed by atoms with Gasteiger partial charge in [-0.25, -0.2) is 9.59 Å². The molecule has 0 aromatic heterocycles. The summed E-state index contributed by atoms with van der Waals surface area (Å²) >= 11 is 0. The maximum Gasteiger partial charge on any atom is 0.331 e. The van der Waals surface area contributed by atoms with Crippen LogP contribution in [0.4, 0.5) is 4.79 Å². The van der Waals surface area contributed by atoms with Crippen LogP contribution in [0, 0.1) is 0 Å². The number of urea groups is 1. The highest BCUT2D eigenvalue weighted by Gasteiger charge is 2.51. The molecule has 0 saturated carbocycles. The van der Waals surface area contributed by atoms with E-state index in [-0.39, 0.29) is 0 Å². The maximum atomic E-state index is 13.1. The Morgan fingerprint density at radius 1 is 0.968 bits per heavy atom. The second kappa shape index (κ2) is 8.10. The summed E-state index contributed by atoms with van der Waals surface area (Å²) in [6.07, 6.45) is 0.361. The van der Waals surface area contributed by atoms with Crippen LogP contribution in [0.5, 0.6) is 11.5 Å². The molecule has 1 fully saturated rings. The summed E-state index contributed by atoms with van der Waals surface area (Å²) in [5.41, 5.74) is -0.506. The first kappa shape index (κ1) is 20.4. The summed E-state index contributed by atoms with van der Waals surface area (Å²) in [7, 11) is 1.58. The molecule has 158 valence electrons. The van der Waals surface area contributed by atoms with Crippen LogP contribution in [0.15, 0.2) is 66.7 Å². The van der Waals surface area contributed by atoms with E-state index in [4.69, 9.17) is 9.47 Å². The number of hydrogen-bond donors (Lipinski definition) is 1. The number of nitrogens with zero attached hydrogens (tertiary/aromatic N) is 1. The van der Waals surface area contributed by atoms with E-state index < -0.39 is 30.0 Å². The molecule has 3 amide bonds. The summed E-state index contributed by atoms with van der Waals surface area (Å²) in [5.74, 6) is -0.160. The number of carbonyl (C=O) groups excluding carboxylic acids is 3. The minimum Gasteiger partial charge on any atom is -0.497 e. The minimum atomic E-state index is -1.18. The third kappa shape index (κ3) is 3.70.